The Balaban J connectivity index is 2.56. The molecule has 82 valence electrons. The lowest BCUT2D eigenvalue weighted by Gasteiger charge is -2.03. The molecule has 1 rings (SSSR count). The summed E-state index contributed by atoms with van der Waals surface area (Å²) in [5.74, 6) is 0. The molecule has 0 heterocycles. The summed E-state index contributed by atoms with van der Waals surface area (Å²) in [5, 5.41) is 0. The molecule has 0 fully saturated rings. The van der Waals surface area contributed by atoms with Crippen molar-refractivity contribution in [1.82, 2.24) is 0 Å². The van der Waals surface area contributed by atoms with Crippen LogP contribution in [0, 0.1) is 13.8 Å². The minimum atomic E-state index is 1.21. The van der Waals surface area contributed by atoms with E-state index in [1.54, 1.807) is 0 Å². The number of unbranched alkanes of at least 4 members (excludes halogenated alkanes) is 3. The third-order valence-corrected chi connectivity index (χ3v) is 2.80. The molecule has 0 saturated carbocycles. The van der Waals surface area contributed by atoms with Crippen molar-refractivity contribution in [3.63, 3.8) is 0 Å². The molecule has 0 saturated heterocycles. The predicted octanol–water partition coefficient (Wildman–Crippen LogP) is 4.90. The van der Waals surface area contributed by atoms with Crippen molar-refractivity contribution in [2.24, 2.45) is 0 Å². The molecule has 15 heavy (non-hydrogen) atoms. The van der Waals surface area contributed by atoms with Gasteiger partial charge in [-0.3, -0.25) is 0 Å². The summed E-state index contributed by atoms with van der Waals surface area (Å²) in [4.78, 5) is 0. The number of rotatable bonds is 5. The molecule has 0 amide bonds. The molecule has 0 aliphatic rings. The van der Waals surface area contributed by atoms with Gasteiger partial charge in [-0.2, -0.15) is 0 Å². The molecule has 0 spiro atoms. The zero-order chi connectivity index (χ0) is 11.1. The Morgan fingerprint density at radius 1 is 1.07 bits per heavy atom. The van der Waals surface area contributed by atoms with Gasteiger partial charge in [0.2, 0.25) is 0 Å². The van der Waals surface area contributed by atoms with E-state index in [-0.39, 0.29) is 0 Å². The summed E-state index contributed by atoms with van der Waals surface area (Å²) >= 11 is 0. The first-order valence-electron chi connectivity index (χ1n) is 5.98. The summed E-state index contributed by atoms with van der Waals surface area (Å²) in [6.45, 7) is 6.60. The van der Waals surface area contributed by atoms with Crippen molar-refractivity contribution < 1.29 is 0 Å². The van der Waals surface area contributed by atoms with Gasteiger partial charge in [0, 0.05) is 0 Å². The molecule has 0 aliphatic heterocycles. The average molecular weight is 202 g/mol. The van der Waals surface area contributed by atoms with Gasteiger partial charge in [-0.15, -0.1) is 0 Å². The summed E-state index contributed by atoms with van der Waals surface area (Å²) in [5.41, 5.74) is 4.15. The maximum atomic E-state index is 2.31. The molecule has 0 nitrogen and oxygen atoms in total. The van der Waals surface area contributed by atoms with Gasteiger partial charge in [0.05, 0.1) is 0 Å². The Morgan fingerprint density at radius 2 is 1.73 bits per heavy atom. The molecular formula is C15H22. The molecule has 0 unspecified atom stereocenters. The number of hydrogen-bond donors (Lipinski definition) is 0. The summed E-state index contributed by atoms with van der Waals surface area (Å²) in [6, 6.07) is 6.48. The van der Waals surface area contributed by atoms with Gasteiger partial charge < -0.3 is 0 Å². The highest BCUT2D eigenvalue weighted by Crippen LogP contribution is 2.15. The standard InChI is InChI=1S/C15H22/c1-4-5-6-7-8-12-15-13(2)10-9-11-14(15)3/h8-12H,4-7H2,1-3H3/b12-8-. The van der Waals surface area contributed by atoms with Crippen molar-refractivity contribution in [1.29, 1.82) is 0 Å². The lowest BCUT2D eigenvalue weighted by molar-refractivity contribution is 0.730. The fraction of sp³-hybridized carbons (Fsp3) is 0.467. The second-order valence-corrected chi connectivity index (χ2v) is 4.20. The lowest BCUT2D eigenvalue weighted by Crippen LogP contribution is -1.84. The first-order valence-corrected chi connectivity index (χ1v) is 5.98. The van der Waals surface area contributed by atoms with Crippen LogP contribution in [0.4, 0.5) is 0 Å². The number of allylic oxidation sites excluding steroid dienone is 1. The highest BCUT2D eigenvalue weighted by molar-refractivity contribution is 5.57. The van der Waals surface area contributed by atoms with E-state index in [4.69, 9.17) is 0 Å². The van der Waals surface area contributed by atoms with Crippen LogP contribution < -0.4 is 0 Å². The minimum absolute atomic E-state index is 1.21. The Bertz CT molecular complexity index is 301. The van der Waals surface area contributed by atoms with Gasteiger partial charge >= 0.3 is 0 Å². The molecule has 0 aliphatic carbocycles. The molecule has 0 bridgehead atoms. The van der Waals surface area contributed by atoms with Crippen LogP contribution in [0.5, 0.6) is 0 Å². The Hall–Kier alpha value is -1.04. The monoisotopic (exact) mass is 202 g/mol. The van der Waals surface area contributed by atoms with Crippen LogP contribution in [-0.4, -0.2) is 0 Å². The van der Waals surface area contributed by atoms with Gasteiger partial charge in [-0.1, -0.05) is 50.1 Å². The largest absolute Gasteiger partial charge is 0.0839 e. The molecule has 1 aromatic carbocycles. The van der Waals surface area contributed by atoms with Crippen LogP contribution >= 0.6 is 0 Å². The van der Waals surface area contributed by atoms with Crippen molar-refractivity contribution in [3.05, 3.63) is 41.0 Å². The van der Waals surface area contributed by atoms with Crippen molar-refractivity contribution in [3.8, 4) is 0 Å². The fourth-order valence-corrected chi connectivity index (χ4v) is 1.80. The van der Waals surface area contributed by atoms with E-state index in [1.165, 1.54) is 42.4 Å². The van der Waals surface area contributed by atoms with Gasteiger partial charge in [0.1, 0.15) is 0 Å². The average Bonchev–Trinajstić information content (AvgIpc) is 2.21. The van der Waals surface area contributed by atoms with E-state index in [1.807, 2.05) is 0 Å². The molecule has 1 aromatic rings. The van der Waals surface area contributed by atoms with E-state index >= 15 is 0 Å². The van der Waals surface area contributed by atoms with Crippen molar-refractivity contribution in [2.75, 3.05) is 0 Å². The minimum Gasteiger partial charge on any atom is -0.0839 e. The normalized spacial score (nSPS) is 11.1. The van der Waals surface area contributed by atoms with Crippen LogP contribution in [0.15, 0.2) is 24.3 Å². The third-order valence-electron chi connectivity index (χ3n) is 2.80. The zero-order valence-corrected chi connectivity index (χ0v) is 10.2. The van der Waals surface area contributed by atoms with E-state index in [2.05, 4.69) is 51.1 Å². The van der Waals surface area contributed by atoms with E-state index in [9.17, 15) is 0 Å². The third kappa shape index (κ3) is 3.91. The van der Waals surface area contributed by atoms with Crippen LogP contribution in [0.3, 0.4) is 0 Å². The van der Waals surface area contributed by atoms with Crippen LogP contribution in [0.1, 0.15) is 49.3 Å². The maximum Gasteiger partial charge on any atom is -0.0201 e. The van der Waals surface area contributed by atoms with Gasteiger partial charge in [0.15, 0.2) is 0 Å². The SMILES string of the molecule is CCCCC/C=C\c1c(C)cccc1C. The molecule has 0 aromatic heterocycles. The van der Waals surface area contributed by atoms with Crippen molar-refractivity contribution >= 4 is 6.08 Å². The second-order valence-electron chi connectivity index (χ2n) is 4.20. The van der Waals surface area contributed by atoms with Crippen molar-refractivity contribution in [2.45, 2.75) is 46.5 Å². The first-order chi connectivity index (χ1) is 7.25. The molecule has 0 radical (unpaired) electrons. The van der Waals surface area contributed by atoms with E-state index in [0.29, 0.717) is 0 Å². The smallest absolute Gasteiger partial charge is 0.0201 e. The summed E-state index contributed by atoms with van der Waals surface area (Å²) in [6.07, 6.45) is 9.76. The molecule has 0 atom stereocenters. The predicted molar refractivity (Wildman–Crippen MR) is 69.1 cm³/mol. The van der Waals surface area contributed by atoms with Crippen LogP contribution in [-0.2, 0) is 0 Å². The highest BCUT2D eigenvalue weighted by atomic mass is 14.0. The number of hydrogen-bond acceptors (Lipinski definition) is 0. The molecule has 0 N–H and O–H groups in total. The lowest BCUT2D eigenvalue weighted by atomic mass is 10.0. The maximum absolute atomic E-state index is 2.31. The van der Waals surface area contributed by atoms with Gasteiger partial charge in [0.25, 0.3) is 0 Å². The van der Waals surface area contributed by atoms with E-state index < -0.39 is 0 Å². The Labute approximate surface area is 94.0 Å². The number of aryl methyl sites for hydroxylation is 2. The fourth-order valence-electron chi connectivity index (χ4n) is 1.80. The number of benzene rings is 1. The highest BCUT2D eigenvalue weighted by Gasteiger charge is 1.96. The van der Waals surface area contributed by atoms with Crippen LogP contribution in [0.2, 0.25) is 0 Å². The van der Waals surface area contributed by atoms with Gasteiger partial charge in [-0.05, 0) is 43.4 Å². The quantitative estimate of drug-likeness (QED) is 0.596. The Kier molecular flexibility index (Phi) is 5.17. The topological polar surface area (TPSA) is 0 Å². The molecular weight excluding hydrogens is 180 g/mol. The Morgan fingerprint density at radius 3 is 2.33 bits per heavy atom. The zero-order valence-electron chi connectivity index (χ0n) is 10.2. The first kappa shape index (κ1) is 12.0. The van der Waals surface area contributed by atoms with E-state index in [0.717, 1.165) is 0 Å². The van der Waals surface area contributed by atoms with Crippen LogP contribution in [0.25, 0.3) is 6.08 Å². The molecule has 0 heteroatoms. The van der Waals surface area contributed by atoms with Gasteiger partial charge in [-0.25, -0.2) is 0 Å². The second kappa shape index (κ2) is 6.44. The summed E-state index contributed by atoms with van der Waals surface area (Å²) in [7, 11) is 0. The summed E-state index contributed by atoms with van der Waals surface area (Å²) < 4.78 is 0.